The van der Waals surface area contributed by atoms with Crippen LogP contribution in [0, 0.1) is 5.41 Å². The first-order valence-electron chi connectivity index (χ1n) is 14.4. The molecule has 7 heteroatoms. The summed E-state index contributed by atoms with van der Waals surface area (Å²) in [5, 5.41) is 20.0. The van der Waals surface area contributed by atoms with Gasteiger partial charge in [-0.3, -0.25) is 15.2 Å². The molecule has 7 nitrogen and oxygen atoms in total. The molecule has 44 heavy (non-hydrogen) atoms. The smallest absolute Gasteiger partial charge is 0.354 e. The van der Waals surface area contributed by atoms with Gasteiger partial charge < -0.3 is 15.3 Å². The van der Waals surface area contributed by atoms with Crippen molar-refractivity contribution >= 4 is 40.7 Å². The van der Waals surface area contributed by atoms with E-state index in [4.69, 9.17) is 10.4 Å². The molecule has 1 amide bonds. The summed E-state index contributed by atoms with van der Waals surface area (Å²) in [7, 11) is 0. The molecule has 0 bridgehead atoms. The number of aliphatic carboxylic acids is 1. The van der Waals surface area contributed by atoms with Crippen LogP contribution in [0.25, 0.3) is 28.5 Å². The number of rotatable bonds is 8. The first-order valence-corrected chi connectivity index (χ1v) is 14.4. The topological polar surface area (TPSA) is 106 Å². The zero-order chi connectivity index (χ0) is 30.5. The van der Waals surface area contributed by atoms with Crippen molar-refractivity contribution in [3.05, 3.63) is 138 Å². The van der Waals surface area contributed by atoms with Crippen molar-refractivity contribution in [3.8, 4) is 22.4 Å². The Morgan fingerprint density at radius 2 is 1.50 bits per heavy atom. The van der Waals surface area contributed by atoms with Gasteiger partial charge in [0.1, 0.15) is 0 Å². The summed E-state index contributed by atoms with van der Waals surface area (Å²) in [6, 6.07) is 37.1. The second-order valence-electron chi connectivity index (χ2n) is 10.5. The Morgan fingerprint density at radius 3 is 2.18 bits per heavy atom. The molecule has 1 aromatic heterocycles. The molecule has 0 atom stereocenters. The van der Waals surface area contributed by atoms with E-state index in [9.17, 15) is 14.7 Å². The van der Waals surface area contributed by atoms with Crippen LogP contribution in [-0.4, -0.2) is 34.2 Å². The SMILES string of the molecule is N=C(C(=O)O)/C(=C/c1ccc(-c2ccc(-c3ccc4c(c3)CCCN4c3ccccc3)cn2)cc1)C(=O)Nc1ccccc1. The lowest BCUT2D eigenvalue weighted by Gasteiger charge is -2.31. The number of carboxylic acids is 1. The third-order valence-corrected chi connectivity index (χ3v) is 7.64. The number of carboxylic acid groups (broad SMARTS) is 1. The van der Waals surface area contributed by atoms with Crippen LogP contribution in [0.5, 0.6) is 0 Å². The van der Waals surface area contributed by atoms with E-state index in [0.29, 0.717) is 11.3 Å². The van der Waals surface area contributed by atoms with E-state index >= 15 is 0 Å². The predicted octanol–water partition coefficient (Wildman–Crippen LogP) is 7.63. The van der Waals surface area contributed by atoms with Crippen molar-refractivity contribution in [1.82, 2.24) is 4.98 Å². The second-order valence-corrected chi connectivity index (χ2v) is 10.5. The van der Waals surface area contributed by atoms with Gasteiger partial charge in [-0.25, -0.2) is 4.79 Å². The van der Waals surface area contributed by atoms with Crippen LogP contribution < -0.4 is 10.2 Å². The van der Waals surface area contributed by atoms with Gasteiger partial charge in [0.05, 0.1) is 11.3 Å². The highest BCUT2D eigenvalue weighted by atomic mass is 16.4. The molecule has 216 valence electrons. The fraction of sp³-hybridized carbons (Fsp3) is 0.0811. The van der Waals surface area contributed by atoms with Gasteiger partial charge in [0.2, 0.25) is 0 Å². The third kappa shape index (κ3) is 6.17. The van der Waals surface area contributed by atoms with Crippen LogP contribution in [0.15, 0.2) is 127 Å². The highest BCUT2D eigenvalue weighted by Gasteiger charge is 2.21. The van der Waals surface area contributed by atoms with Gasteiger partial charge in [-0.05, 0) is 78.1 Å². The van der Waals surface area contributed by atoms with Gasteiger partial charge in [-0.1, -0.05) is 72.8 Å². The van der Waals surface area contributed by atoms with Gasteiger partial charge in [0.15, 0.2) is 5.71 Å². The lowest BCUT2D eigenvalue weighted by atomic mass is 9.96. The minimum atomic E-state index is -1.48. The quantitative estimate of drug-likeness (QED) is 0.130. The largest absolute Gasteiger partial charge is 0.477 e. The van der Waals surface area contributed by atoms with Crippen LogP contribution in [-0.2, 0) is 16.0 Å². The number of carbonyl (C=O) groups is 2. The van der Waals surface area contributed by atoms with E-state index in [1.54, 1.807) is 36.4 Å². The number of hydrogen-bond acceptors (Lipinski definition) is 5. The first kappa shape index (κ1) is 28.3. The molecule has 1 aliphatic heterocycles. The molecule has 5 aromatic rings. The summed E-state index contributed by atoms with van der Waals surface area (Å²) < 4.78 is 0. The number of nitrogens with zero attached hydrogens (tertiary/aromatic N) is 2. The fourth-order valence-corrected chi connectivity index (χ4v) is 5.39. The molecular weight excluding hydrogens is 548 g/mol. The predicted molar refractivity (Wildman–Crippen MR) is 175 cm³/mol. The van der Waals surface area contributed by atoms with E-state index in [2.05, 4.69) is 58.7 Å². The van der Waals surface area contributed by atoms with Crippen molar-refractivity contribution in [3.63, 3.8) is 0 Å². The Morgan fingerprint density at radius 1 is 0.818 bits per heavy atom. The maximum atomic E-state index is 12.9. The summed E-state index contributed by atoms with van der Waals surface area (Å²) in [5.41, 5.74) is 7.70. The number of para-hydroxylation sites is 2. The first-order chi connectivity index (χ1) is 21.5. The number of aromatic nitrogens is 1. The minimum Gasteiger partial charge on any atom is -0.477 e. The molecule has 0 fully saturated rings. The van der Waals surface area contributed by atoms with Gasteiger partial charge in [-0.2, -0.15) is 0 Å². The summed E-state index contributed by atoms with van der Waals surface area (Å²) in [4.78, 5) is 31.5. The standard InChI is InChI=1S/C37H30N4O3/c38-35(37(43)44)32(36(42)40-30-9-3-1-4-10-30)22-25-13-15-26(16-14-25)33-19-17-29(24-39-33)27-18-20-34-28(23-27)8-7-21-41(34)31-11-5-2-6-12-31/h1-6,9-20,22-24,38H,7-8,21H2,(H,40,42)(H,43,44)/b32-22-,38-35?. The number of benzene rings is 4. The maximum Gasteiger partial charge on any atom is 0.354 e. The van der Waals surface area contributed by atoms with Crippen LogP contribution in [0.4, 0.5) is 17.1 Å². The van der Waals surface area contributed by atoms with Crippen molar-refractivity contribution < 1.29 is 14.7 Å². The van der Waals surface area contributed by atoms with Crippen LogP contribution >= 0.6 is 0 Å². The summed E-state index contributed by atoms with van der Waals surface area (Å²) in [6.07, 6.45) is 5.43. The Bertz CT molecular complexity index is 1850. The van der Waals surface area contributed by atoms with Crippen LogP contribution in [0.3, 0.4) is 0 Å². The van der Waals surface area contributed by atoms with E-state index in [1.807, 2.05) is 36.5 Å². The molecule has 0 saturated heterocycles. The van der Waals surface area contributed by atoms with Crippen molar-refractivity contribution in [2.75, 3.05) is 16.8 Å². The highest BCUT2D eigenvalue weighted by molar-refractivity contribution is 6.50. The molecule has 2 heterocycles. The van der Waals surface area contributed by atoms with E-state index in [1.165, 1.54) is 23.0 Å². The number of amides is 1. The Labute approximate surface area is 255 Å². The number of carbonyl (C=O) groups excluding carboxylic acids is 1. The number of hydrogen-bond donors (Lipinski definition) is 3. The summed E-state index contributed by atoms with van der Waals surface area (Å²) in [5.74, 6) is -2.15. The molecule has 6 rings (SSSR count). The molecule has 0 spiro atoms. The third-order valence-electron chi connectivity index (χ3n) is 7.64. The second kappa shape index (κ2) is 12.6. The maximum absolute atomic E-state index is 12.9. The van der Waals surface area contributed by atoms with Gasteiger partial charge in [0.25, 0.3) is 5.91 Å². The minimum absolute atomic E-state index is 0.242. The molecule has 4 aromatic carbocycles. The Kier molecular flexibility index (Phi) is 8.10. The molecule has 1 aliphatic rings. The number of nitrogens with one attached hydrogen (secondary N) is 2. The average molecular weight is 579 g/mol. The monoisotopic (exact) mass is 578 g/mol. The summed E-state index contributed by atoms with van der Waals surface area (Å²) >= 11 is 0. The number of anilines is 3. The molecule has 0 unspecified atom stereocenters. The van der Waals surface area contributed by atoms with Crippen LogP contribution in [0.1, 0.15) is 17.5 Å². The van der Waals surface area contributed by atoms with E-state index < -0.39 is 17.6 Å². The van der Waals surface area contributed by atoms with Crippen molar-refractivity contribution in [2.45, 2.75) is 12.8 Å². The molecular formula is C37H30N4O3. The Hall–Kier alpha value is -5.82. The normalized spacial score (nSPS) is 12.7. The molecule has 0 radical (unpaired) electrons. The number of fused-ring (bicyclic) bond motifs is 1. The average Bonchev–Trinajstić information content (AvgIpc) is 3.07. The lowest BCUT2D eigenvalue weighted by Crippen LogP contribution is -2.25. The number of aryl methyl sites for hydroxylation is 1. The molecule has 0 aliphatic carbocycles. The summed E-state index contributed by atoms with van der Waals surface area (Å²) in [6.45, 7) is 1.01. The number of pyridine rings is 1. The zero-order valence-electron chi connectivity index (χ0n) is 23.9. The molecule has 0 saturated carbocycles. The van der Waals surface area contributed by atoms with E-state index in [0.717, 1.165) is 41.8 Å². The van der Waals surface area contributed by atoms with Crippen LogP contribution in [0.2, 0.25) is 0 Å². The van der Waals surface area contributed by atoms with Gasteiger partial charge in [0, 0.05) is 40.9 Å². The zero-order valence-corrected chi connectivity index (χ0v) is 23.9. The Balaban J connectivity index is 1.20. The highest BCUT2D eigenvalue weighted by Crippen LogP contribution is 2.36. The molecule has 3 N–H and O–H groups in total. The van der Waals surface area contributed by atoms with Crippen molar-refractivity contribution in [1.29, 1.82) is 5.41 Å². The fourth-order valence-electron chi connectivity index (χ4n) is 5.39. The van der Waals surface area contributed by atoms with Crippen molar-refractivity contribution in [2.24, 2.45) is 0 Å². The van der Waals surface area contributed by atoms with E-state index in [-0.39, 0.29) is 5.57 Å². The lowest BCUT2D eigenvalue weighted by molar-refractivity contribution is -0.129. The van der Waals surface area contributed by atoms with Gasteiger partial charge in [-0.15, -0.1) is 0 Å². The van der Waals surface area contributed by atoms with Gasteiger partial charge >= 0.3 is 5.97 Å².